The summed E-state index contributed by atoms with van der Waals surface area (Å²) < 4.78 is 10.5. The SMILES string of the molecule is COc1ccc(CN[C@H]2CCCC[C@@H]2O)cc1OC. The Morgan fingerprint density at radius 2 is 1.89 bits per heavy atom. The third-order valence-electron chi connectivity index (χ3n) is 3.75. The van der Waals surface area contributed by atoms with Gasteiger partial charge >= 0.3 is 0 Å². The van der Waals surface area contributed by atoms with E-state index in [1.807, 2.05) is 18.2 Å². The van der Waals surface area contributed by atoms with Crippen molar-refractivity contribution in [2.45, 2.75) is 44.4 Å². The minimum Gasteiger partial charge on any atom is -0.493 e. The highest BCUT2D eigenvalue weighted by atomic mass is 16.5. The van der Waals surface area contributed by atoms with Crippen LogP contribution in [0.25, 0.3) is 0 Å². The normalized spacial score (nSPS) is 23.1. The molecule has 2 atom stereocenters. The maximum atomic E-state index is 9.92. The molecule has 2 N–H and O–H groups in total. The van der Waals surface area contributed by atoms with Crippen molar-refractivity contribution in [3.05, 3.63) is 23.8 Å². The summed E-state index contributed by atoms with van der Waals surface area (Å²) in [5, 5.41) is 13.4. The molecule has 1 aromatic carbocycles. The Bertz CT molecular complexity index is 408. The molecule has 4 heteroatoms. The van der Waals surface area contributed by atoms with Crippen molar-refractivity contribution in [3.63, 3.8) is 0 Å². The van der Waals surface area contributed by atoms with Crippen LogP contribution >= 0.6 is 0 Å². The van der Waals surface area contributed by atoms with Crippen molar-refractivity contribution in [1.82, 2.24) is 5.32 Å². The Labute approximate surface area is 114 Å². The molecule has 106 valence electrons. The van der Waals surface area contributed by atoms with Gasteiger partial charge in [-0.15, -0.1) is 0 Å². The van der Waals surface area contributed by atoms with Crippen LogP contribution in [0.3, 0.4) is 0 Å². The number of aliphatic hydroxyl groups excluding tert-OH is 1. The molecule has 4 nitrogen and oxygen atoms in total. The molecule has 0 saturated heterocycles. The first-order valence-corrected chi connectivity index (χ1v) is 6.87. The van der Waals surface area contributed by atoms with Crippen molar-refractivity contribution in [2.24, 2.45) is 0 Å². The molecule has 0 aliphatic heterocycles. The standard InChI is InChI=1S/C15H23NO3/c1-18-14-8-7-11(9-15(14)19-2)10-16-12-5-3-4-6-13(12)17/h7-9,12-13,16-17H,3-6,10H2,1-2H3/t12-,13-/m0/s1. The van der Waals surface area contributed by atoms with E-state index in [1.54, 1.807) is 14.2 Å². The van der Waals surface area contributed by atoms with Crippen LogP contribution in [0, 0.1) is 0 Å². The lowest BCUT2D eigenvalue weighted by molar-refractivity contribution is 0.0902. The fraction of sp³-hybridized carbons (Fsp3) is 0.600. The Balaban J connectivity index is 1.95. The van der Waals surface area contributed by atoms with Gasteiger partial charge in [-0.3, -0.25) is 0 Å². The first-order chi connectivity index (χ1) is 9.24. The van der Waals surface area contributed by atoms with Crippen LogP contribution in [0.15, 0.2) is 18.2 Å². The van der Waals surface area contributed by atoms with E-state index < -0.39 is 0 Å². The van der Waals surface area contributed by atoms with Gasteiger partial charge in [0.1, 0.15) is 0 Å². The van der Waals surface area contributed by atoms with E-state index in [-0.39, 0.29) is 12.1 Å². The molecular formula is C15H23NO3. The molecular weight excluding hydrogens is 242 g/mol. The van der Waals surface area contributed by atoms with Crippen molar-refractivity contribution >= 4 is 0 Å². The second-order valence-electron chi connectivity index (χ2n) is 5.03. The number of hydrogen-bond donors (Lipinski definition) is 2. The van der Waals surface area contributed by atoms with Gasteiger partial charge in [0.2, 0.25) is 0 Å². The number of nitrogens with one attached hydrogen (secondary N) is 1. The summed E-state index contributed by atoms with van der Waals surface area (Å²) in [5.74, 6) is 1.48. The number of benzene rings is 1. The van der Waals surface area contributed by atoms with Crippen LogP contribution in [0.2, 0.25) is 0 Å². The fourth-order valence-corrected chi connectivity index (χ4v) is 2.59. The predicted octanol–water partition coefficient (Wildman–Crippen LogP) is 2.10. The predicted molar refractivity (Wildman–Crippen MR) is 74.6 cm³/mol. The smallest absolute Gasteiger partial charge is 0.161 e. The summed E-state index contributed by atoms with van der Waals surface area (Å²) in [6.45, 7) is 0.738. The Hall–Kier alpha value is -1.26. The van der Waals surface area contributed by atoms with Gasteiger partial charge in [-0.2, -0.15) is 0 Å². The van der Waals surface area contributed by atoms with Gasteiger partial charge in [-0.1, -0.05) is 18.9 Å². The lowest BCUT2D eigenvalue weighted by Gasteiger charge is -2.28. The minimum absolute atomic E-state index is 0.210. The maximum Gasteiger partial charge on any atom is 0.161 e. The Morgan fingerprint density at radius 3 is 2.58 bits per heavy atom. The molecule has 1 fully saturated rings. The highest BCUT2D eigenvalue weighted by molar-refractivity contribution is 5.42. The molecule has 0 bridgehead atoms. The quantitative estimate of drug-likeness (QED) is 0.856. The van der Waals surface area contributed by atoms with Crippen LogP contribution in [0.4, 0.5) is 0 Å². The summed E-state index contributed by atoms with van der Waals surface area (Å²) in [5.41, 5.74) is 1.13. The second kappa shape index (κ2) is 6.78. The zero-order valence-electron chi connectivity index (χ0n) is 11.7. The van der Waals surface area contributed by atoms with Crippen LogP contribution in [0.1, 0.15) is 31.2 Å². The highest BCUT2D eigenvalue weighted by Gasteiger charge is 2.22. The summed E-state index contributed by atoms with van der Waals surface area (Å²) in [6, 6.07) is 6.11. The van der Waals surface area contributed by atoms with Gasteiger partial charge in [0.25, 0.3) is 0 Å². The number of methoxy groups -OCH3 is 2. The topological polar surface area (TPSA) is 50.7 Å². The van der Waals surface area contributed by atoms with Gasteiger partial charge in [0.15, 0.2) is 11.5 Å². The lowest BCUT2D eigenvalue weighted by atomic mass is 9.92. The fourth-order valence-electron chi connectivity index (χ4n) is 2.59. The molecule has 19 heavy (non-hydrogen) atoms. The number of aliphatic hydroxyl groups is 1. The van der Waals surface area contributed by atoms with E-state index in [0.717, 1.165) is 42.9 Å². The molecule has 1 saturated carbocycles. The summed E-state index contributed by atoms with van der Waals surface area (Å²) in [4.78, 5) is 0. The van der Waals surface area contributed by atoms with Gasteiger partial charge in [-0.25, -0.2) is 0 Å². The van der Waals surface area contributed by atoms with E-state index in [9.17, 15) is 5.11 Å². The van der Waals surface area contributed by atoms with Gasteiger partial charge in [0.05, 0.1) is 20.3 Å². The van der Waals surface area contributed by atoms with Crippen molar-refractivity contribution in [3.8, 4) is 11.5 Å². The molecule has 0 radical (unpaired) electrons. The van der Waals surface area contributed by atoms with Crippen molar-refractivity contribution in [2.75, 3.05) is 14.2 Å². The first-order valence-electron chi connectivity index (χ1n) is 6.87. The van der Waals surface area contributed by atoms with Crippen molar-refractivity contribution < 1.29 is 14.6 Å². The third-order valence-corrected chi connectivity index (χ3v) is 3.75. The van der Waals surface area contributed by atoms with E-state index in [4.69, 9.17) is 9.47 Å². The zero-order valence-corrected chi connectivity index (χ0v) is 11.7. The Kier molecular flexibility index (Phi) is 5.05. The lowest BCUT2D eigenvalue weighted by Crippen LogP contribution is -2.41. The Morgan fingerprint density at radius 1 is 1.16 bits per heavy atom. The molecule has 1 aliphatic carbocycles. The molecule has 2 rings (SSSR count). The van der Waals surface area contributed by atoms with E-state index in [0.29, 0.717) is 0 Å². The number of rotatable bonds is 5. The molecule has 1 aromatic rings. The highest BCUT2D eigenvalue weighted by Crippen LogP contribution is 2.27. The summed E-state index contributed by atoms with van der Waals surface area (Å²) in [6.07, 6.45) is 4.07. The van der Waals surface area contributed by atoms with Crippen molar-refractivity contribution in [1.29, 1.82) is 0 Å². The van der Waals surface area contributed by atoms with Gasteiger partial charge < -0.3 is 19.9 Å². The summed E-state index contributed by atoms with van der Waals surface area (Å²) in [7, 11) is 3.27. The van der Waals surface area contributed by atoms with Gasteiger partial charge in [-0.05, 0) is 30.5 Å². The molecule has 0 unspecified atom stereocenters. The van der Waals surface area contributed by atoms with Crippen LogP contribution < -0.4 is 14.8 Å². The average Bonchev–Trinajstić information content (AvgIpc) is 2.46. The molecule has 1 aliphatic rings. The minimum atomic E-state index is -0.214. The summed E-state index contributed by atoms with van der Waals surface area (Å²) >= 11 is 0. The maximum absolute atomic E-state index is 9.92. The number of ether oxygens (including phenoxy) is 2. The van der Waals surface area contributed by atoms with Crippen LogP contribution in [-0.2, 0) is 6.54 Å². The van der Waals surface area contributed by atoms with Crippen LogP contribution in [0.5, 0.6) is 11.5 Å². The molecule has 0 aromatic heterocycles. The van der Waals surface area contributed by atoms with Gasteiger partial charge in [0, 0.05) is 12.6 Å². The zero-order chi connectivity index (χ0) is 13.7. The largest absolute Gasteiger partial charge is 0.493 e. The number of hydrogen-bond acceptors (Lipinski definition) is 4. The third kappa shape index (κ3) is 3.61. The van der Waals surface area contributed by atoms with E-state index in [2.05, 4.69) is 5.32 Å². The molecule has 0 spiro atoms. The molecule has 0 amide bonds. The van der Waals surface area contributed by atoms with E-state index in [1.165, 1.54) is 6.42 Å². The second-order valence-corrected chi connectivity index (χ2v) is 5.03. The monoisotopic (exact) mass is 265 g/mol. The first kappa shape index (κ1) is 14.2. The average molecular weight is 265 g/mol. The van der Waals surface area contributed by atoms with E-state index >= 15 is 0 Å². The van der Waals surface area contributed by atoms with Crippen LogP contribution in [-0.4, -0.2) is 31.5 Å². The molecule has 0 heterocycles.